The van der Waals surface area contributed by atoms with Crippen molar-refractivity contribution in [2.24, 2.45) is 0 Å². The minimum atomic E-state index is 0.0621. The van der Waals surface area contributed by atoms with Crippen LogP contribution in [0.5, 0.6) is 0 Å². The number of halogens is 1. The smallest absolute Gasteiger partial charge is 0.237 e. The van der Waals surface area contributed by atoms with Crippen molar-refractivity contribution >= 4 is 17.5 Å². The quantitative estimate of drug-likeness (QED) is 0.786. The maximum atomic E-state index is 12.6. The van der Waals surface area contributed by atoms with Gasteiger partial charge < -0.3 is 4.90 Å². The zero-order valence-electron chi connectivity index (χ0n) is 13.9. The monoisotopic (exact) mass is 322 g/mol. The van der Waals surface area contributed by atoms with Crippen LogP contribution in [0.3, 0.4) is 0 Å². The summed E-state index contributed by atoms with van der Waals surface area (Å²) in [5.41, 5.74) is 1.11. The number of nitrogens with zero attached hydrogens (tertiary/aromatic N) is 2. The normalized spacial score (nSPS) is 17.0. The molecule has 3 nitrogen and oxygen atoms in total. The van der Waals surface area contributed by atoms with E-state index >= 15 is 0 Å². The molecule has 1 fully saturated rings. The number of rotatable bonds is 6. The Bertz CT molecular complexity index is 482. The summed E-state index contributed by atoms with van der Waals surface area (Å²) in [6.07, 6.45) is 5.06. The average molecular weight is 323 g/mol. The van der Waals surface area contributed by atoms with Gasteiger partial charge in [0.25, 0.3) is 0 Å². The topological polar surface area (TPSA) is 23.6 Å². The van der Waals surface area contributed by atoms with E-state index in [9.17, 15) is 4.79 Å². The fourth-order valence-corrected chi connectivity index (χ4v) is 3.36. The summed E-state index contributed by atoms with van der Waals surface area (Å²) in [5, 5.41) is 0.725. The molecular weight excluding hydrogens is 296 g/mol. The Kier molecular flexibility index (Phi) is 6.27. The first-order valence-electron chi connectivity index (χ1n) is 8.28. The van der Waals surface area contributed by atoms with Crippen molar-refractivity contribution in [1.29, 1.82) is 0 Å². The molecule has 0 aromatic heterocycles. The summed E-state index contributed by atoms with van der Waals surface area (Å²) < 4.78 is 0. The molecule has 22 heavy (non-hydrogen) atoms. The minimum Gasteiger partial charge on any atom is -0.338 e. The Labute approximate surface area is 139 Å². The highest BCUT2D eigenvalue weighted by Crippen LogP contribution is 2.24. The van der Waals surface area contributed by atoms with E-state index < -0.39 is 0 Å². The van der Waals surface area contributed by atoms with Crippen molar-refractivity contribution in [3.8, 4) is 0 Å². The van der Waals surface area contributed by atoms with Crippen LogP contribution in [0.15, 0.2) is 24.3 Å². The number of carbonyl (C=O) groups is 1. The van der Waals surface area contributed by atoms with Gasteiger partial charge >= 0.3 is 0 Å². The molecule has 1 unspecified atom stereocenters. The van der Waals surface area contributed by atoms with E-state index in [0.717, 1.165) is 17.1 Å². The fraction of sp³-hybridized carbons (Fsp3) is 0.611. The molecule has 2 rings (SSSR count). The Morgan fingerprint density at radius 2 is 1.86 bits per heavy atom. The fourth-order valence-electron chi connectivity index (χ4n) is 3.23. The predicted octanol–water partition coefficient (Wildman–Crippen LogP) is 4.12. The zero-order valence-corrected chi connectivity index (χ0v) is 14.6. The van der Waals surface area contributed by atoms with E-state index in [1.54, 1.807) is 0 Å². The van der Waals surface area contributed by atoms with E-state index in [-0.39, 0.29) is 11.9 Å². The molecule has 1 aromatic rings. The van der Waals surface area contributed by atoms with Crippen LogP contribution in [0.4, 0.5) is 0 Å². The lowest BCUT2D eigenvalue weighted by Gasteiger charge is -2.31. The molecule has 1 aliphatic carbocycles. The molecule has 0 bridgehead atoms. The van der Waals surface area contributed by atoms with E-state index in [2.05, 4.69) is 18.7 Å². The van der Waals surface area contributed by atoms with Crippen molar-refractivity contribution in [1.82, 2.24) is 9.80 Å². The summed E-state index contributed by atoms with van der Waals surface area (Å²) in [6, 6.07) is 8.39. The minimum absolute atomic E-state index is 0.0621. The van der Waals surface area contributed by atoms with E-state index in [1.807, 2.05) is 36.2 Å². The van der Waals surface area contributed by atoms with Crippen LogP contribution in [0.1, 0.15) is 51.1 Å². The second-order valence-electron chi connectivity index (χ2n) is 6.23. The Balaban J connectivity index is 1.96. The first-order chi connectivity index (χ1) is 10.5. The number of amides is 1. The third-order valence-corrected chi connectivity index (χ3v) is 5.16. The molecule has 0 spiro atoms. The van der Waals surface area contributed by atoms with Crippen LogP contribution in [-0.4, -0.2) is 41.9 Å². The number of benzene rings is 1. The first-order valence-corrected chi connectivity index (χ1v) is 8.66. The molecule has 0 N–H and O–H groups in total. The summed E-state index contributed by atoms with van der Waals surface area (Å²) >= 11 is 5.93. The van der Waals surface area contributed by atoms with Gasteiger partial charge in [0.05, 0.1) is 12.6 Å². The van der Waals surface area contributed by atoms with Gasteiger partial charge in [-0.2, -0.15) is 0 Å². The predicted molar refractivity (Wildman–Crippen MR) is 92.1 cm³/mol. The Morgan fingerprint density at radius 3 is 2.41 bits per heavy atom. The van der Waals surface area contributed by atoms with Gasteiger partial charge in [-0.15, -0.1) is 0 Å². The number of hydrogen-bond donors (Lipinski definition) is 0. The Morgan fingerprint density at radius 1 is 1.27 bits per heavy atom. The molecule has 0 radical (unpaired) electrons. The maximum absolute atomic E-state index is 12.6. The number of carbonyl (C=O) groups excluding carboxylic acids is 1. The lowest BCUT2D eigenvalue weighted by atomic mass is 10.1. The SMILES string of the molecule is CCN(CC(=O)N(C)C(C)c1ccc(Cl)cc1)C1CCCC1. The third kappa shape index (κ3) is 4.23. The molecule has 4 heteroatoms. The highest BCUT2D eigenvalue weighted by molar-refractivity contribution is 6.30. The van der Waals surface area contributed by atoms with Gasteiger partial charge in [0.2, 0.25) is 5.91 Å². The van der Waals surface area contributed by atoms with Crippen LogP contribution in [0.25, 0.3) is 0 Å². The van der Waals surface area contributed by atoms with Crippen molar-refractivity contribution < 1.29 is 4.79 Å². The molecule has 1 atom stereocenters. The molecule has 122 valence electrons. The zero-order chi connectivity index (χ0) is 16.1. The van der Waals surface area contributed by atoms with Gasteiger partial charge in [0, 0.05) is 18.1 Å². The van der Waals surface area contributed by atoms with Crippen molar-refractivity contribution in [2.75, 3.05) is 20.1 Å². The lowest BCUT2D eigenvalue weighted by Crippen LogP contribution is -2.43. The third-order valence-electron chi connectivity index (χ3n) is 4.91. The molecular formula is C18H27ClN2O. The van der Waals surface area contributed by atoms with Crippen LogP contribution in [-0.2, 0) is 4.79 Å². The lowest BCUT2D eigenvalue weighted by molar-refractivity contribution is -0.133. The highest BCUT2D eigenvalue weighted by atomic mass is 35.5. The van der Waals surface area contributed by atoms with Crippen molar-refractivity contribution in [3.05, 3.63) is 34.9 Å². The Hall–Kier alpha value is -1.06. The summed E-state index contributed by atoms with van der Waals surface area (Å²) in [7, 11) is 1.89. The molecule has 1 saturated carbocycles. The van der Waals surface area contributed by atoms with E-state index in [4.69, 9.17) is 11.6 Å². The van der Waals surface area contributed by atoms with Crippen LogP contribution in [0.2, 0.25) is 5.02 Å². The van der Waals surface area contributed by atoms with Gasteiger partial charge in [-0.25, -0.2) is 0 Å². The largest absolute Gasteiger partial charge is 0.338 e. The second kappa shape index (κ2) is 7.98. The standard InChI is InChI=1S/C18H27ClN2O/c1-4-21(17-7-5-6-8-17)13-18(22)20(3)14(2)15-9-11-16(19)12-10-15/h9-12,14,17H,4-8,13H2,1-3H3. The average Bonchev–Trinajstić information content (AvgIpc) is 3.06. The molecule has 1 aliphatic rings. The first kappa shape index (κ1) is 17.3. The van der Waals surface area contributed by atoms with E-state index in [0.29, 0.717) is 12.6 Å². The molecule has 1 aromatic carbocycles. The van der Waals surface area contributed by atoms with Crippen molar-refractivity contribution in [3.63, 3.8) is 0 Å². The number of likely N-dealkylation sites (N-methyl/N-ethyl adjacent to an activating group) is 2. The van der Waals surface area contributed by atoms with Crippen LogP contribution in [0, 0.1) is 0 Å². The van der Waals surface area contributed by atoms with Gasteiger partial charge in [-0.1, -0.05) is 43.5 Å². The molecule has 0 saturated heterocycles. The maximum Gasteiger partial charge on any atom is 0.237 e. The molecule has 0 aliphatic heterocycles. The van der Waals surface area contributed by atoms with Gasteiger partial charge in [0.15, 0.2) is 0 Å². The van der Waals surface area contributed by atoms with Crippen LogP contribution >= 0.6 is 11.6 Å². The summed E-state index contributed by atoms with van der Waals surface area (Å²) in [6.45, 7) is 5.68. The second-order valence-corrected chi connectivity index (χ2v) is 6.67. The van der Waals surface area contributed by atoms with Crippen molar-refractivity contribution in [2.45, 2.75) is 51.6 Å². The van der Waals surface area contributed by atoms with E-state index in [1.165, 1.54) is 25.7 Å². The molecule has 0 heterocycles. The van der Waals surface area contributed by atoms with Gasteiger partial charge in [-0.3, -0.25) is 9.69 Å². The summed E-state index contributed by atoms with van der Waals surface area (Å²) in [4.78, 5) is 16.8. The molecule has 1 amide bonds. The van der Waals surface area contributed by atoms with Gasteiger partial charge in [-0.05, 0) is 44.0 Å². The van der Waals surface area contributed by atoms with Gasteiger partial charge in [0.1, 0.15) is 0 Å². The van der Waals surface area contributed by atoms with Crippen LogP contribution < -0.4 is 0 Å². The summed E-state index contributed by atoms with van der Waals surface area (Å²) in [5.74, 6) is 0.191. The number of hydrogen-bond acceptors (Lipinski definition) is 2. The highest BCUT2D eigenvalue weighted by Gasteiger charge is 2.25.